The molecule has 0 spiro atoms. The Balaban J connectivity index is 2.16. The van der Waals surface area contributed by atoms with Gasteiger partial charge in [0.2, 0.25) is 0 Å². The molecule has 118 valence electrons. The van der Waals surface area contributed by atoms with Crippen molar-refractivity contribution in [3.8, 4) is 5.82 Å². The van der Waals surface area contributed by atoms with E-state index >= 15 is 0 Å². The highest BCUT2D eigenvalue weighted by molar-refractivity contribution is 5.68. The lowest BCUT2D eigenvalue weighted by Crippen LogP contribution is -2.35. The summed E-state index contributed by atoms with van der Waals surface area (Å²) in [4.78, 5) is 27.0. The summed E-state index contributed by atoms with van der Waals surface area (Å²) in [5.74, 6) is 0.857. The molecule has 0 saturated heterocycles. The number of H-pyrrole nitrogens is 1. The highest BCUT2D eigenvalue weighted by Gasteiger charge is 2.21. The number of nitrogens with zero attached hydrogens (tertiary/aromatic N) is 4. The maximum absolute atomic E-state index is 11.8. The zero-order valence-corrected chi connectivity index (χ0v) is 12.8. The maximum Gasteiger partial charge on any atom is 0.408 e. The number of nitrogens with one attached hydrogen (secondary N) is 2. The average molecular weight is 306 g/mol. The van der Waals surface area contributed by atoms with Gasteiger partial charge < -0.3 is 10.1 Å². The van der Waals surface area contributed by atoms with Crippen LogP contribution in [0.1, 0.15) is 39.6 Å². The van der Waals surface area contributed by atoms with Gasteiger partial charge in [-0.15, -0.1) is 0 Å². The molecule has 9 heteroatoms. The second kappa shape index (κ2) is 5.96. The Hall–Kier alpha value is -2.71. The number of rotatable bonds is 3. The molecule has 2 N–H and O–H groups in total. The van der Waals surface area contributed by atoms with Crippen molar-refractivity contribution in [2.75, 3.05) is 0 Å². The minimum Gasteiger partial charge on any atom is -0.444 e. The van der Waals surface area contributed by atoms with Crippen LogP contribution in [0.15, 0.2) is 23.3 Å². The first-order chi connectivity index (χ1) is 10.3. The molecule has 0 aromatic carbocycles. The first-order valence-corrected chi connectivity index (χ1v) is 6.72. The molecule has 0 radical (unpaired) electrons. The van der Waals surface area contributed by atoms with Gasteiger partial charge in [0.25, 0.3) is 5.56 Å². The Morgan fingerprint density at radius 1 is 1.41 bits per heavy atom. The van der Waals surface area contributed by atoms with Crippen molar-refractivity contribution in [1.82, 2.24) is 30.3 Å². The summed E-state index contributed by atoms with van der Waals surface area (Å²) < 4.78 is 6.63. The molecule has 0 aliphatic rings. The number of ether oxygens (including phenoxy) is 1. The highest BCUT2D eigenvalue weighted by atomic mass is 16.6. The van der Waals surface area contributed by atoms with Gasteiger partial charge in [0, 0.05) is 6.07 Å². The molecule has 9 nitrogen and oxygen atoms in total. The Morgan fingerprint density at radius 2 is 2.14 bits per heavy atom. The number of carbonyl (C=O) groups is 1. The van der Waals surface area contributed by atoms with Crippen LogP contribution < -0.4 is 10.9 Å². The van der Waals surface area contributed by atoms with E-state index in [0.717, 1.165) is 0 Å². The van der Waals surface area contributed by atoms with Crippen molar-refractivity contribution in [1.29, 1.82) is 0 Å². The second-order valence-electron chi connectivity index (χ2n) is 5.68. The van der Waals surface area contributed by atoms with Crippen LogP contribution in [0.5, 0.6) is 0 Å². The quantitative estimate of drug-likeness (QED) is 0.872. The molecule has 0 aliphatic carbocycles. The van der Waals surface area contributed by atoms with Gasteiger partial charge in [0.1, 0.15) is 11.9 Å². The topological polar surface area (TPSA) is 115 Å². The van der Waals surface area contributed by atoms with Gasteiger partial charge in [-0.3, -0.25) is 4.79 Å². The standard InChI is InChI=1S/C13H18N6O3/c1-8(16-12(21)22-13(2,3)4)11-14-7-15-19(11)9-5-6-10(20)18-17-9/h5-8H,1-4H3,(H,16,21)(H,18,20). The zero-order chi connectivity index (χ0) is 16.3. The number of alkyl carbamates (subject to hydrolysis) is 1. The molecule has 22 heavy (non-hydrogen) atoms. The molecule has 2 rings (SSSR count). The van der Waals surface area contributed by atoms with E-state index in [0.29, 0.717) is 11.6 Å². The fourth-order valence-corrected chi connectivity index (χ4v) is 1.73. The number of hydrogen-bond acceptors (Lipinski definition) is 6. The van der Waals surface area contributed by atoms with E-state index < -0.39 is 17.7 Å². The number of aromatic amines is 1. The minimum absolute atomic E-state index is 0.314. The van der Waals surface area contributed by atoms with Gasteiger partial charge in [-0.2, -0.15) is 14.9 Å². The monoisotopic (exact) mass is 306 g/mol. The van der Waals surface area contributed by atoms with E-state index in [2.05, 4.69) is 25.6 Å². The van der Waals surface area contributed by atoms with E-state index in [4.69, 9.17) is 4.74 Å². The van der Waals surface area contributed by atoms with Crippen LogP contribution in [0.2, 0.25) is 0 Å². The highest BCUT2D eigenvalue weighted by Crippen LogP contribution is 2.14. The summed E-state index contributed by atoms with van der Waals surface area (Å²) in [5, 5.41) is 12.9. The number of amides is 1. The van der Waals surface area contributed by atoms with Gasteiger partial charge in [-0.25, -0.2) is 14.9 Å². The number of carbonyl (C=O) groups excluding carboxylic acids is 1. The first-order valence-electron chi connectivity index (χ1n) is 6.72. The predicted octanol–water partition coefficient (Wildman–Crippen LogP) is 0.936. The van der Waals surface area contributed by atoms with Gasteiger partial charge >= 0.3 is 6.09 Å². The van der Waals surface area contributed by atoms with E-state index in [-0.39, 0.29) is 5.56 Å². The van der Waals surface area contributed by atoms with Crippen LogP contribution in [0.3, 0.4) is 0 Å². The molecule has 0 fully saturated rings. The van der Waals surface area contributed by atoms with Crippen molar-refractivity contribution < 1.29 is 9.53 Å². The summed E-state index contributed by atoms with van der Waals surface area (Å²) >= 11 is 0. The Bertz CT molecular complexity index is 695. The van der Waals surface area contributed by atoms with E-state index in [9.17, 15) is 9.59 Å². The van der Waals surface area contributed by atoms with Crippen molar-refractivity contribution in [2.45, 2.75) is 39.3 Å². The van der Waals surface area contributed by atoms with Gasteiger partial charge in [-0.1, -0.05) is 0 Å². The van der Waals surface area contributed by atoms with E-state index in [1.807, 2.05) is 0 Å². The molecule has 0 saturated carbocycles. The molecule has 2 aromatic rings. The van der Waals surface area contributed by atoms with E-state index in [1.54, 1.807) is 27.7 Å². The second-order valence-corrected chi connectivity index (χ2v) is 5.68. The van der Waals surface area contributed by atoms with Crippen LogP contribution in [0.25, 0.3) is 5.82 Å². The largest absolute Gasteiger partial charge is 0.444 e. The zero-order valence-electron chi connectivity index (χ0n) is 12.8. The summed E-state index contributed by atoms with van der Waals surface area (Å²) in [5.41, 5.74) is -0.900. The lowest BCUT2D eigenvalue weighted by Gasteiger charge is -2.21. The molecular weight excluding hydrogens is 288 g/mol. The van der Waals surface area contributed by atoms with Gasteiger partial charge in [0.15, 0.2) is 11.6 Å². The summed E-state index contributed by atoms with van der Waals surface area (Å²) in [6, 6.07) is 2.39. The van der Waals surface area contributed by atoms with E-state index in [1.165, 1.54) is 23.1 Å². The van der Waals surface area contributed by atoms with Crippen LogP contribution in [0, 0.1) is 0 Å². The molecule has 1 amide bonds. The summed E-state index contributed by atoms with van der Waals surface area (Å²) in [6.45, 7) is 7.09. The fraction of sp³-hybridized carbons (Fsp3) is 0.462. The third-order valence-corrected chi connectivity index (χ3v) is 2.58. The maximum atomic E-state index is 11.8. The molecule has 0 bridgehead atoms. The lowest BCUT2D eigenvalue weighted by atomic mass is 10.2. The van der Waals surface area contributed by atoms with Crippen molar-refractivity contribution in [3.05, 3.63) is 34.6 Å². The molecule has 1 atom stereocenters. The van der Waals surface area contributed by atoms with Crippen LogP contribution in [-0.2, 0) is 4.74 Å². The fourth-order valence-electron chi connectivity index (χ4n) is 1.73. The molecule has 2 heterocycles. The number of hydrogen-bond donors (Lipinski definition) is 2. The van der Waals surface area contributed by atoms with Crippen LogP contribution >= 0.6 is 0 Å². The third kappa shape index (κ3) is 3.90. The normalized spacial score (nSPS) is 12.7. The van der Waals surface area contributed by atoms with Crippen molar-refractivity contribution >= 4 is 6.09 Å². The SMILES string of the molecule is CC(NC(=O)OC(C)(C)C)c1ncnn1-c1ccc(=O)[nH]n1. The third-order valence-electron chi connectivity index (χ3n) is 2.58. The number of aromatic nitrogens is 5. The van der Waals surface area contributed by atoms with Gasteiger partial charge in [-0.05, 0) is 33.8 Å². The van der Waals surface area contributed by atoms with Crippen LogP contribution in [-0.4, -0.2) is 36.7 Å². The lowest BCUT2D eigenvalue weighted by molar-refractivity contribution is 0.0505. The predicted molar refractivity (Wildman–Crippen MR) is 77.6 cm³/mol. The summed E-state index contributed by atoms with van der Waals surface area (Å²) in [7, 11) is 0. The van der Waals surface area contributed by atoms with Gasteiger partial charge in [0.05, 0.1) is 6.04 Å². The summed E-state index contributed by atoms with van der Waals surface area (Å²) in [6.07, 6.45) is 0.791. The van der Waals surface area contributed by atoms with Crippen molar-refractivity contribution in [3.63, 3.8) is 0 Å². The average Bonchev–Trinajstić information content (AvgIpc) is 2.86. The first kappa shape index (κ1) is 15.7. The Morgan fingerprint density at radius 3 is 2.73 bits per heavy atom. The van der Waals surface area contributed by atoms with Crippen LogP contribution in [0.4, 0.5) is 4.79 Å². The van der Waals surface area contributed by atoms with Crippen molar-refractivity contribution in [2.24, 2.45) is 0 Å². The molecule has 1 unspecified atom stereocenters. The minimum atomic E-state index is -0.585. The molecular formula is C13H18N6O3. The molecule has 2 aromatic heterocycles. The smallest absolute Gasteiger partial charge is 0.408 e. The Labute approximate surface area is 126 Å². The molecule has 0 aliphatic heterocycles. The Kier molecular flexibility index (Phi) is 4.25.